The van der Waals surface area contributed by atoms with E-state index < -0.39 is 0 Å². The number of benzene rings is 1. The zero-order valence-corrected chi connectivity index (χ0v) is 13.6. The molecule has 3 nitrogen and oxygen atoms in total. The second-order valence-electron chi connectivity index (χ2n) is 5.94. The van der Waals surface area contributed by atoms with Crippen LogP contribution in [0.1, 0.15) is 38.2 Å². The number of carbonyl (C=O) groups excluding carboxylic acids is 1. The third-order valence-corrected chi connectivity index (χ3v) is 4.32. The van der Waals surface area contributed by atoms with Gasteiger partial charge in [-0.2, -0.15) is 0 Å². The van der Waals surface area contributed by atoms with Gasteiger partial charge in [-0.25, -0.2) is 0 Å². The lowest BCUT2D eigenvalue weighted by Gasteiger charge is -2.14. The standard InChI is InChI=1S/C16H22BrNO2/c1-10(7-11(2)19)9-18-16(20)15-8-14(15)12-3-5-13(17)6-4-12/h3-6,10-11,14-15,19H,7-9H2,1-2H3,(H,18,20). The minimum absolute atomic E-state index is 0.120. The average molecular weight is 340 g/mol. The molecule has 1 aromatic carbocycles. The van der Waals surface area contributed by atoms with Gasteiger partial charge in [-0.15, -0.1) is 0 Å². The van der Waals surface area contributed by atoms with Crippen molar-refractivity contribution in [3.8, 4) is 0 Å². The maximum Gasteiger partial charge on any atom is 0.223 e. The average Bonchev–Trinajstić information content (AvgIpc) is 3.16. The van der Waals surface area contributed by atoms with Crippen LogP contribution in [-0.2, 0) is 4.79 Å². The van der Waals surface area contributed by atoms with Crippen LogP contribution in [0, 0.1) is 11.8 Å². The van der Waals surface area contributed by atoms with Crippen LogP contribution in [0.3, 0.4) is 0 Å². The summed E-state index contributed by atoms with van der Waals surface area (Å²) in [6.07, 6.45) is 1.36. The molecule has 0 aromatic heterocycles. The van der Waals surface area contributed by atoms with Gasteiger partial charge in [0, 0.05) is 16.9 Å². The fraction of sp³-hybridized carbons (Fsp3) is 0.562. The Balaban J connectivity index is 1.77. The maximum absolute atomic E-state index is 12.1. The Morgan fingerprint density at radius 2 is 2.05 bits per heavy atom. The molecule has 0 radical (unpaired) electrons. The summed E-state index contributed by atoms with van der Waals surface area (Å²) in [5.74, 6) is 0.948. The Bertz CT molecular complexity index is 458. The van der Waals surface area contributed by atoms with Gasteiger partial charge in [0.15, 0.2) is 0 Å². The predicted molar refractivity (Wildman–Crippen MR) is 83.5 cm³/mol. The van der Waals surface area contributed by atoms with Gasteiger partial charge >= 0.3 is 0 Å². The second-order valence-corrected chi connectivity index (χ2v) is 6.85. The highest BCUT2D eigenvalue weighted by atomic mass is 79.9. The molecule has 1 saturated carbocycles. The fourth-order valence-corrected chi connectivity index (χ4v) is 2.90. The first-order valence-corrected chi connectivity index (χ1v) is 7.98. The van der Waals surface area contributed by atoms with Crippen LogP contribution in [-0.4, -0.2) is 23.7 Å². The summed E-state index contributed by atoms with van der Waals surface area (Å²) in [6.45, 7) is 4.47. The number of halogens is 1. The lowest BCUT2D eigenvalue weighted by molar-refractivity contribution is -0.122. The van der Waals surface area contributed by atoms with Crippen LogP contribution in [0.15, 0.2) is 28.7 Å². The van der Waals surface area contributed by atoms with E-state index in [1.165, 1.54) is 5.56 Å². The third-order valence-electron chi connectivity index (χ3n) is 3.79. The van der Waals surface area contributed by atoms with Gasteiger partial charge < -0.3 is 10.4 Å². The van der Waals surface area contributed by atoms with Crippen molar-refractivity contribution in [1.82, 2.24) is 5.32 Å². The molecular weight excluding hydrogens is 318 g/mol. The van der Waals surface area contributed by atoms with Crippen molar-refractivity contribution in [2.75, 3.05) is 6.54 Å². The molecule has 1 amide bonds. The summed E-state index contributed by atoms with van der Waals surface area (Å²) in [6, 6.07) is 8.21. The van der Waals surface area contributed by atoms with E-state index in [1.54, 1.807) is 6.92 Å². The van der Waals surface area contributed by atoms with Crippen molar-refractivity contribution < 1.29 is 9.90 Å². The number of aliphatic hydroxyl groups excluding tert-OH is 1. The molecule has 0 spiro atoms. The topological polar surface area (TPSA) is 49.3 Å². The van der Waals surface area contributed by atoms with Crippen LogP contribution in [0.5, 0.6) is 0 Å². The highest BCUT2D eigenvalue weighted by molar-refractivity contribution is 9.10. The molecule has 1 aromatic rings. The van der Waals surface area contributed by atoms with Gasteiger partial charge in [0.25, 0.3) is 0 Å². The summed E-state index contributed by atoms with van der Waals surface area (Å²) < 4.78 is 1.06. The van der Waals surface area contributed by atoms with Crippen LogP contribution >= 0.6 is 15.9 Å². The smallest absolute Gasteiger partial charge is 0.223 e. The van der Waals surface area contributed by atoms with E-state index in [1.807, 2.05) is 19.1 Å². The van der Waals surface area contributed by atoms with Crippen molar-refractivity contribution in [2.45, 2.75) is 38.7 Å². The highest BCUT2D eigenvalue weighted by Crippen LogP contribution is 2.47. The number of rotatable bonds is 6. The van der Waals surface area contributed by atoms with E-state index in [4.69, 9.17) is 0 Å². The number of nitrogens with one attached hydrogen (secondary N) is 1. The summed E-state index contributed by atoms with van der Waals surface area (Å²) >= 11 is 3.42. The summed E-state index contributed by atoms with van der Waals surface area (Å²) in [5.41, 5.74) is 1.24. The van der Waals surface area contributed by atoms with Gasteiger partial charge in [0.05, 0.1) is 6.10 Å². The largest absolute Gasteiger partial charge is 0.393 e. The summed E-state index contributed by atoms with van der Waals surface area (Å²) in [7, 11) is 0. The van der Waals surface area contributed by atoms with E-state index in [9.17, 15) is 9.90 Å². The van der Waals surface area contributed by atoms with Crippen LogP contribution < -0.4 is 5.32 Å². The molecular formula is C16H22BrNO2. The van der Waals surface area contributed by atoms with Gasteiger partial charge in [0.1, 0.15) is 0 Å². The first-order chi connectivity index (χ1) is 9.47. The molecule has 1 fully saturated rings. The molecule has 4 heteroatoms. The molecule has 20 heavy (non-hydrogen) atoms. The first-order valence-electron chi connectivity index (χ1n) is 7.18. The van der Waals surface area contributed by atoms with Gasteiger partial charge in [-0.1, -0.05) is 35.0 Å². The molecule has 0 bridgehead atoms. The van der Waals surface area contributed by atoms with Crippen molar-refractivity contribution in [3.05, 3.63) is 34.3 Å². The molecule has 4 unspecified atom stereocenters. The molecule has 0 heterocycles. The van der Waals surface area contributed by atoms with Crippen LogP contribution in [0.25, 0.3) is 0 Å². The lowest BCUT2D eigenvalue weighted by atomic mass is 10.0. The molecule has 1 aliphatic carbocycles. The second kappa shape index (κ2) is 6.72. The number of carbonyl (C=O) groups is 1. The SMILES string of the molecule is CC(O)CC(C)CNC(=O)C1CC1c1ccc(Br)cc1. The molecule has 4 atom stereocenters. The number of aliphatic hydroxyl groups is 1. The maximum atomic E-state index is 12.1. The van der Waals surface area contributed by atoms with Crippen molar-refractivity contribution in [3.63, 3.8) is 0 Å². The van der Waals surface area contributed by atoms with E-state index in [0.29, 0.717) is 18.4 Å². The number of amides is 1. The molecule has 2 rings (SSSR count). The van der Waals surface area contributed by atoms with Crippen LogP contribution in [0.2, 0.25) is 0 Å². The minimum atomic E-state index is -0.307. The molecule has 0 aliphatic heterocycles. The van der Waals surface area contributed by atoms with Gasteiger partial charge in [0.2, 0.25) is 5.91 Å². The zero-order valence-electron chi connectivity index (χ0n) is 12.0. The number of hydrogen-bond donors (Lipinski definition) is 2. The van der Waals surface area contributed by atoms with Crippen molar-refractivity contribution in [2.24, 2.45) is 11.8 Å². The zero-order chi connectivity index (χ0) is 14.7. The third kappa shape index (κ3) is 4.32. The quantitative estimate of drug-likeness (QED) is 0.836. The Morgan fingerprint density at radius 1 is 1.40 bits per heavy atom. The fourth-order valence-electron chi connectivity index (χ4n) is 2.63. The highest BCUT2D eigenvalue weighted by Gasteiger charge is 2.43. The van der Waals surface area contributed by atoms with E-state index in [-0.39, 0.29) is 17.9 Å². The van der Waals surface area contributed by atoms with E-state index in [2.05, 4.69) is 33.4 Å². The summed E-state index contributed by atoms with van der Waals surface area (Å²) in [4.78, 5) is 12.1. The molecule has 110 valence electrons. The van der Waals surface area contributed by atoms with E-state index in [0.717, 1.165) is 17.3 Å². The normalized spacial score (nSPS) is 24.0. The first kappa shape index (κ1) is 15.5. The predicted octanol–water partition coefficient (Wildman–Crippen LogP) is 3.08. The lowest BCUT2D eigenvalue weighted by Crippen LogP contribution is -2.30. The Morgan fingerprint density at radius 3 is 2.65 bits per heavy atom. The molecule has 2 N–H and O–H groups in total. The molecule has 0 saturated heterocycles. The van der Waals surface area contributed by atoms with E-state index >= 15 is 0 Å². The van der Waals surface area contributed by atoms with Crippen molar-refractivity contribution >= 4 is 21.8 Å². The van der Waals surface area contributed by atoms with Crippen molar-refractivity contribution in [1.29, 1.82) is 0 Å². The summed E-state index contributed by atoms with van der Waals surface area (Å²) in [5, 5.41) is 12.3. The Labute approximate surface area is 128 Å². The van der Waals surface area contributed by atoms with Gasteiger partial charge in [-0.05, 0) is 49.3 Å². The Kier molecular flexibility index (Phi) is 5.22. The molecule has 1 aliphatic rings. The monoisotopic (exact) mass is 339 g/mol. The minimum Gasteiger partial charge on any atom is -0.393 e. The number of hydrogen-bond acceptors (Lipinski definition) is 2. The Hall–Kier alpha value is -0.870. The van der Waals surface area contributed by atoms with Gasteiger partial charge in [-0.3, -0.25) is 4.79 Å². The van der Waals surface area contributed by atoms with Crippen LogP contribution in [0.4, 0.5) is 0 Å².